The van der Waals surface area contributed by atoms with Crippen LogP contribution in [-0.2, 0) is 0 Å². The van der Waals surface area contributed by atoms with E-state index in [1.54, 1.807) is 0 Å². The van der Waals surface area contributed by atoms with E-state index in [0.29, 0.717) is 13.2 Å². The first-order chi connectivity index (χ1) is 6.72. The van der Waals surface area contributed by atoms with E-state index < -0.39 is 0 Å². The van der Waals surface area contributed by atoms with Crippen molar-refractivity contribution in [3.8, 4) is 5.75 Å². The monoisotopic (exact) mass is 256 g/mol. The first-order valence-electron chi connectivity index (χ1n) is 4.57. The van der Waals surface area contributed by atoms with Crippen molar-refractivity contribution in [1.29, 1.82) is 0 Å². The number of likely N-dealkylation sites (N-methyl/N-ethyl adjacent to an activating group) is 1. The van der Waals surface area contributed by atoms with E-state index >= 15 is 0 Å². The van der Waals surface area contributed by atoms with Gasteiger partial charge in [-0.3, -0.25) is 0 Å². The summed E-state index contributed by atoms with van der Waals surface area (Å²) >= 11 is 3.45. The van der Waals surface area contributed by atoms with Crippen molar-refractivity contribution in [1.82, 2.24) is 0 Å². The molecule has 1 unspecified atom stereocenters. The van der Waals surface area contributed by atoms with Crippen molar-refractivity contribution in [2.24, 2.45) is 5.73 Å². The second-order valence-electron chi connectivity index (χ2n) is 3.42. The lowest BCUT2D eigenvalue weighted by atomic mass is 10.2. The average Bonchev–Trinajstić information content (AvgIpc) is 2.20. The van der Waals surface area contributed by atoms with E-state index in [0.717, 1.165) is 15.9 Å². The molecule has 1 atom stereocenters. The van der Waals surface area contributed by atoms with Crippen LogP contribution in [0, 0.1) is 0 Å². The first-order valence-corrected chi connectivity index (χ1v) is 5.37. The quantitative estimate of drug-likeness (QED) is 0.830. The Bertz CT molecular complexity index is 343. The summed E-state index contributed by atoms with van der Waals surface area (Å²) in [5.41, 5.74) is 6.75. The molecule has 76 valence electrons. The minimum Gasteiger partial charge on any atom is -0.489 e. The zero-order valence-corrected chi connectivity index (χ0v) is 9.62. The van der Waals surface area contributed by atoms with Gasteiger partial charge in [-0.1, -0.05) is 15.9 Å². The zero-order chi connectivity index (χ0) is 10.1. The van der Waals surface area contributed by atoms with Crippen LogP contribution in [0.2, 0.25) is 0 Å². The fourth-order valence-electron chi connectivity index (χ4n) is 1.61. The van der Waals surface area contributed by atoms with Crippen LogP contribution in [0.1, 0.15) is 0 Å². The zero-order valence-electron chi connectivity index (χ0n) is 8.03. The number of hydrogen-bond acceptors (Lipinski definition) is 3. The molecule has 1 aromatic carbocycles. The number of nitrogens with two attached hydrogens (primary N) is 1. The normalized spacial score (nSPS) is 20.2. The molecular weight excluding hydrogens is 244 g/mol. The second-order valence-corrected chi connectivity index (χ2v) is 4.34. The lowest BCUT2D eigenvalue weighted by molar-refractivity contribution is 0.269. The summed E-state index contributed by atoms with van der Waals surface area (Å²) in [6, 6.07) is 6.28. The van der Waals surface area contributed by atoms with Crippen LogP contribution in [0.3, 0.4) is 0 Å². The molecule has 0 saturated carbocycles. The standard InChI is InChI=1S/C10H13BrN2O/c1-13-8(5-12)6-14-10-3-2-7(11)4-9(10)13/h2-4,8H,5-6,12H2,1H3. The fourth-order valence-corrected chi connectivity index (χ4v) is 1.96. The van der Waals surface area contributed by atoms with Crippen LogP contribution in [0.25, 0.3) is 0 Å². The van der Waals surface area contributed by atoms with Crippen LogP contribution >= 0.6 is 15.9 Å². The number of hydrogen-bond donors (Lipinski definition) is 1. The van der Waals surface area contributed by atoms with E-state index in [4.69, 9.17) is 10.5 Å². The Hall–Kier alpha value is -0.740. The Kier molecular flexibility index (Phi) is 2.65. The Morgan fingerprint density at radius 2 is 2.43 bits per heavy atom. The molecule has 4 heteroatoms. The second kappa shape index (κ2) is 3.79. The Morgan fingerprint density at radius 3 is 3.14 bits per heavy atom. The molecule has 0 spiro atoms. The number of nitrogens with zero attached hydrogens (tertiary/aromatic N) is 1. The summed E-state index contributed by atoms with van der Waals surface area (Å²) in [6.07, 6.45) is 0. The van der Waals surface area contributed by atoms with Gasteiger partial charge in [0, 0.05) is 18.1 Å². The highest BCUT2D eigenvalue weighted by molar-refractivity contribution is 9.10. The molecular formula is C10H13BrN2O. The number of fused-ring (bicyclic) bond motifs is 1. The summed E-state index contributed by atoms with van der Waals surface area (Å²) in [7, 11) is 2.05. The molecule has 0 saturated heterocycles. The van der Waals surface area contributed by atoms with Crippen molar-refractivity contribution in [3.63, 3.8) is 0 Å². The molecule has 1 heterocycles. The molecule has 1 aliphatic rings. The SMILES string of the molecule is CN1c2cc(Br)ccc2OCC1CN. The van der Waals surface area contributed by atoms with E-state index in [-0.39, 0.29) is 6.04 Å². The highest BCUT2D eigenvalue weighted by Crippen LogP contribution is 2.34. The largest absolute Gasteiger partial charge is 0.489 e. The minimum absolute atomic E-state index is 0.275. The molecule has 2 N–H and O–H groups in total. The molecule has 0 bridgehead atoms. The molecule has 0 fully saturated rings. The molecule has 0 amide bonds. The first kappa shape index (κ1) is 9.80. The average molecular weight is 257 g/mol. The molecule has 2 rings (SSSR count). The van der Waals surface area contributed by atoms with Crippen LogP contribution in [-0.4, -0.2) is 26.2 Å². The Labute approximate surface area is 92.0 Å². The van der Waals surface area contributed by atoms with Gasteiger partial charge in [-0.25, -0.2) is 0 Å². The van der Waals surface area contributed by atoms with E-state index in [2.05, 4.69) is 26.9 Å². The summed E-state index contributed by atoms with van der Waals surface area (Å²) < 4.78 is 6.67. The number of anilines is 1. The van der Waals surface area contributed by atoms with Gasteiger partial charge >= 0.3 is 0 Å². The smallest absolute Gasteiger partial charge is 0.142 e. The topological polar surface area (TPSA) is 38.5 Å². The molecule has 14 heavy (non-hydrogen) atoms. The minimum atomic E-state index is 0.275. The van der Waals surface area contributed by atoms with Gasteiger partial charge in [0.05, 0.1) is 11.7 Å². The van der Waals surface area contributed by atoms with Crippen molar-refractivity contribution >= 4 is 21.6 Å². The van der Waals surface area contributed by atoms with Crippen molar-refractivity contribution in [2.75, 3.05) is 25.1 Å². The van der Waals surface area contributed by atoms with Crippen LogP contribution in [0.4, 0.5) is 5.69 Å². The van der Waals surface area contributed by atoms with Crippen LogP contribution in [0.15, 0.2) is 22.7 Å². The maximum absolute atomic E-state index is 5.66. The van der Waals surface area contributed by atoms with Gasteiger partial charge in [0.25, 0.3) is 0 Å². The lowest BCUT2D eigenvalue weighted by Crippen LogP contribution is -2.45. The predicted octanol–water partition coefficient (Wildman–Crippen LogP) is 1.60. The van der Waals surface area contributed by atoms with Gasteiger partial charge in [0.15, 0.2) is 0 Å². The Balaban J connectivity index is 2.38. The van der Waals surface area contributed by atoms with Crippen molar-refractivity contribution < 1.29 is 4.74 Å². The summed E-state index contributed by atoms with van der Waals surface area (Å²) in [5, 5.41) is 0. The van der Waals surface area contributed by atoms with Gasteiger partial charge < -0.3 is 15.4 Å². The van der Waals surface area contributed by atoms with Crippen molar-refractivity contribution in [3.05, 3.63) is 22.7 Å². The van der Waals surface area contributed by atoms with E-state index in [1.165, 1.54) is 0 Å². The third kappa shape index (κ3) is 1.60. The van der Waals surface area contributed by atoms with Gasteiger partial charge in [-0.15, -0.1) is 0 Å². The van der Waals surface area contributed by atoms with Gasteiger partial charge in [-0.05, 0) is 18.2 Å². The fraction of sp³-hybridized carbons (Fsp3) is 0.400. The summed E-state index contributed by atoms with van der Waals surface area (Å²) in [5.74, 6) is 0.931. The third-order valence-corrected chi connectivity index (χ3v) is 3.05. The molecule has 1 aliphatic heterocycles. The molecule has 0 aliphatic carbocycles. The predicted molar refractivity (Wildman–Crippen MR) is 60.9 cm³/mol. The Morgan fingerprint density at radius 1 is 1.64 bits per heavy atom. The van der Waals surface area contributed by atoms with E-state index in [9.17, 15) is 0 Å². The highest BCUT2D eigenvalue weighted by atomic mass is 79.9. The summed E-state index contributed by atoms with van der Waals surface area (Å²) in [6.45, 7) is 1.28. The number of rotatable bonds is 1. The van der Waals surface area contributed by atoms with Crippen LogP contribution < -0.4 is 15.4 Å². The van der Waals surface area contributed by atoms with Gasteiger partial charge in [-0.2, -0.15) is 0 Å². The van der Waals surface area contributed by atoms with Gasteiger partial charge in [0.2, 0.25) is 0 Å². The third-order valence-electron chi connectivity index (χ3n) is 2.55. The maximum Gasteiger partial charge on any atom is 0.142 e. The van der Waals surface area contributed by atoms with Gasteiger partial charge in [0.1, 0.15) is 12.4 Å². The van der Waals surface area contributed by atoms with Crippen LogP contribution in [0.5, 0.6) is 5.75 Å². The lowest BCUT2D eigenvalue weighted by Gasteiger charge is -2.35. The number of halogens is 1. The maximum atomic E-state index is 5.66. The molecule has 0 aromatic heterocycles. The molecule has 3 nitrogen and oxygen atoms in total. The van der Waals surface area contributed by atoms with E-state index in [1.807, 2.05) is 19.2 Å². The van der Waals surface area contributed by atoms with Crippen molar-refractivity contribution in [2.45, 2.75) is 6.04 Å². The highest BCUT2D eigenvalue weighted by Gasteiger charge is 2.23. The molecule has 1 aromatic rings. The summed E-state index contributed by atoms with van der Waals surface area (Å²) in [4.78, 5) is 2.17. The number of benzene rings is 1. The molecule has 0 radical (unpaired) electrons. The number of ether oxygens (including phenoxy) is 1.